The number of aryl methyl sites for hydroxylation is 1. The van der Waals surface area contributed by atoms with Gasteiger partial charge in [-0.25, -0.2) is 0 Å². The van der Waals surface area contributed by atoms with Gasteiger partial charge in [0.05, 0.1) is 5.02 Å². The molecule has 4 nitrogen and oxygen atoms in total. The van der Waals surface area contributed by atoms with E-state index < -0.39 is 24.2 Å². The smallest absolute Gasteiger partial charge is 0.323 e. The van der Waals surface area contributed by atoms with E-state index in [0.29, 0.717) is 10.8 Å². The Morgan fingerprint density at radius 3 is 2.38 bits per heavy atom. The summed E-state index contributed by atoms with van der Waals surface area (Å²) in [5.74, 6) is 0.0712. The van der Waals surface area contributed by atoms with Crippen LogP contribution in [0.1, 0.15) is 31.1 Å². The van der Waals surface area contributed by atoms with Crippen molar-refractivity contribution in [2.45, 2.75) is 39.0 Å². The lowest BCUT2D eigenvalue weighted by atomic mass is 10.0. The van der Waals surface area contributed by atoms with E-state index in [1.807, 2.05) is 55.5 Å². The molecule has 2 aromatic rings. The summed E-state index contributed by atoms with van der Waals surface area (Å²) in [5.41, 5.74) is 7.51. The van der Waals surface area contributed by atoms with Crippen LogP contribution in [-0.4, -0.2) is 18.1 Å². The van der Waals surface area contributed by atoms with E-state index in [-0.39, 0.29) is 0 Å². The van der Waals surface area contributed by atoms with Crippen LogP contribution >= 0.6 is 11.6 Å². The number of rotatable bonds is 6. The lowest BCUT2D eigenvalue weighted by Crippen LogP contribution is -2.34. The second-order valence-electron chi connectivity index (χ2n) is 5.81. The molecule has 0 saturated heterocycles. The van der Waals surface area contributed by atoms with Crippen LogP contribution in [0.15, 0.2) is 48.5 Å². The topological polar surface area (TPSA) is 61.5 Å². The first-order valence-electron chi connectivity index (χ1n) is 7.82. The summed E-state index contributed by atoms with van der Waals surface area (Å²) in [6.45, 7) is 5.32. The molecule has 0 aromatic heterocycles. The summed E-state index contributed by atoms with van der Waals surface area (Å²) in [7, 11) is 0. The van der Waals surface area contributed by atoms with E-state index in [1.54, 1.807) is 13.8 Å². The molecule has 3 atom stereocenters. The van der Waals surface area contributed by atoms with Crippen molar-refractivity contribution in [3.63, 3.8) is 0 Å². The van der Waals surface area contributed by atoms with Gasteiger partial charge >= 0.3 is 5.97 Å². The maximum atomic E-state index is 11.8. The average Bonchev–Trinajstić information content (AvgIpc) is 2.54. The van der Waals surface area contributed by atoms with E-state index in [4.69, 9.17) is 26.8 Å². The van der Waals surface area contributed by atoms with Gasteiger partial charge in [-0.3, -0.25) is 4.79 Å². The molecule has 2 rings (SSSR count). The lowest BCUT2D eigenvalue weighted by Gasteiger charge is -2.26. The molecule has 0 aliphatic carbocycles. The third kappa shape index (κ3) is 4.73. The Bertz CT molecular complexity index is 688. The summed E-state index contributed by atoms with van der Waals surface area (Å²) in [4.78, 5) is 11.8. The van der Waals surface area contributed by atoms with Crippen LogP contribution in [0.5, 0.6) is 5.75 Å². The number of carbonyl (C=O) groups is 1. The maximum Gasteiger partial charge on any atom is 0.323 e. The number of halogens is 1. The number of ether oxygens (including phenoxy) is 2. The van der Waals surface area contributed by atoms with Gasteiger partial charge in [0.25, 0.3) is 0 Å². The average molecular weight is 348 g/mol. The molecular formula is C19H22ClNO3. The van der Waals surface area contributed by atoms with Crippen molar-refractivity contribution in [3.8, 4) is 5.75 Å². The summed E-state index contributed by atoms with van der Waals surface area (Å²) in [6, 6.07) is 14.4. The number of benzene rings is 2. The fourth-order valence-electron chi connectivity index (χ4n) is 2.27. The molecule has 2 aromatic carbocycles. The largest absolute Gasteiger partial charge is 0.480 e. The van der Waals surface area contributed by atoms with Gasteiger partial charge in [-0.15, -0.1) is 0 Å². The Labute approximate surface area is 147 Å². The molecule has 0 radical (unpaired) electrons. The molecule has 0 bridgehead atoms. The summed E-state index contributed by atoms with van der Waals surface area (Å²) in [6.07, 6.45) is -1.02. The Kier molecular flexibility index (Phi) is 6.23. The van der Waals surface area contributed by atoms with Gasteiger partial charge in [0, 0.05) is 0 Å². The maximum absolute atomic E-state index is 11.8. The number of carbonyl (C=O) groups excluding carboxylic acids is 1. The number of esters is 1. The highest BCUT2D eigenvalue weighted by Gasteiger charge is 2.26. The minimum Gasteiger partial charge on any atom is -0.480 e. The number of nitrogens with two attached hydrogens (primary N) is 1. The van der Waals surface area contributed by atoms with Crippen LogP contribution in [0.2, 0.25) is 5.02 Å². The summed E-state index contributed by atoms with van der Waals surface area (Å²) >= 11 is 6.27. The van der Waals surface area contributed by atoms with Gasteiger partial charge in [0.1, 0.15) is 17.9 Å². The van der Waals surface area contributed by atoms with Crippen molar-refractivity contribution in [3.05, 3.63) is 64.7 Å². The minimum absolute atomic E-state index is 0.470. The molecule has 0 fully saturated rings. The van der Waals surface area contributed by atoms with Crippen molar-refractivity contribution >= 4 is 17.6 Å². The highest BCUT2D eigenvalue weighted by Crippen LogP contribution is 2.32. The summed E-state index contributed by atoms with van der Waals surface area (Å²) < 4.78 is 11.5. The molecule has 0 unspecified atom stereocenters. The Balaban J connectivity index is 2.28. The zero-order valence-corrected chi connectivity index (χ0v) is 14.8. The number of hydrogen-bond acceptors (Lipinski definition) is 4. The SMILES string of the molecule is Cc1ccc(O[C@H](c2ccccc2)[C@H](C)OC(=O)[C@H](C)N)c(Cl)c1. The van der Waals surface area contributed by atoms with Crippen LogP contribution in [-0.2, 0) is 9.53 Å². The fraction of sp³-hybridized carbons (Fsp3) is 0.316. The molecular weight excluding hydrogens is 326 g/mol. The molecule has 0 amide bonds. The zero-order valence-electron chi connectivity index (χ0n) is 14.0. The second kappa shape index (κ2) is 8.18. The normalized spacial score (nSPS) is 14.5. The van der Waals surface area contributed by atoms with Crippen molar-refractivity contribution in [2.24, 2.45) is 5.73 Å². The first kappa shape index (κ1) is 18.3. The molecule has 5 heteroatoms. The second-order valence-corrected chi connectivity index (χ2v) is 6.22. The highest BCUT2D eigenvalue weighted by molar-refractivity contribution is 6.32. The van der Waals surface area contributed by atoms with Gasteiger partial charge in [0.15, 0.2) is 6.10 Å². The highest BCUT2D eigenvalue weighted by atomic mass is 35.5. The first-order valence-corrected chi connectivity index (χ1v) is 8.20. The first-order chi connectivity index (χ1) is 11.4. The van der Waals surface area contributed by atoms with E-state index in [1.165, 1.54) is 0 Å². The molecule has 24 heavy (non-hydrogen) atoms. The van der Waals surface area contributed by atoms with Crippen molar-refractivity contribution in [1.82, 2.24) is 0 Å². The predicted molar refractivity (Wildman–Crippen MR) is 95.2 cm³/mol. The van der Waals surface area contributed by atoms with Crippen molar-refractivity contribution in [2.75, 3.05) is 0 Å². The van der Waals surface area contributed by atoms with Crippen molar-refractivity contribution < 1.29 is 14.3 Å². The monoisotopic (exact) mass is 347 g/mol. The van der Waals surface area contributed by atoms with Crippen molar-refractivity contribution in [1.29, 1.82) is 0 Å². The Morgan fingerprint density at radius 1 is 1.12 bits per heavy atom. The van der Waals surface area contributed by atoms with Crippen LogP contribution in [0.25, 0.3) is 0 Å². The number of hydrogen-bond donors (Lipinski definition) is 1. The van der Waals surface area contributed by atoms with Gasteiger partial charge in [-0.05, 0) is 44.0 Å². The molecule has 0 saturated carbocycles. The third-order valence-electron chi connectivity index (χ3n) is 3.57. The molecule has 0 aliphatic rings. The lowest BCUT2D eigenvalue weighted by molar-refractivity contribution is -0.154. The molecule has 2 N–H and O–H groups in total. The van der Waals surface area contributed by atoms with Crippen LogP contribution in [0.3, 0.4) is 0 Å². The predicted octanol–water partition coefficient (Wildman–Crippen LogP) is 4.05. The molecule has 128 valence electrons. The minimum atomic E-state index is -0.688. The van der Waals surface area contributed by atoms with Gasteiger partial charge in [-0.1, -0.05) is 48.0 Å². The van der Waals surface area contributed by atoms with Crippen LogP contribution in [0.4, 0.5) is 0 Å². The van der Waals surface area contributed by atoms with E-state index in [9.17, 15) is 4.79 Å². The van der Waals surface area contributed by atoms with E-state index in [0.717, 1.165) is 11.1 Å². The van der Waals surface area contributed by atoms with Gasteiger partial charge < -0.3 is 15.2 Å². The van der Waals surface area contributed by atoms with Crippen LogP contribution < -0.4 is 10.5 Å². The molecule has 0 heterocycles. The summed E-state index contributed by atoms with van der Waals surface area (Å²) in [5, 5.41) is 0.515. The Hall–Kier alpha value is -2.04. The van der Waals surface area contributed by atoms with Gasteiger partial charge in [0.2, 0.25) is 0 Å². The Morgan fingerprint density at radius 2 is 1.79 bits per heavy atom. The quantitative estimate of drug-likeness (QED) is 0.801. The van der Waals surface area contributed by atoms with Crippen LogP contribution in [0, 0.1) is 6.92 Å². The molecule has 0 spiro atoms. The molecule has 0 aliphatic heterocycles. The third-order valence-corrected chi connectivity index (χ3v) is 3.86. The fourth-order valence-corrected chi connectivity index (χ4v) is 2.55. The van der Waals surface area contributed by atoms with E-state index >= 15 is 0 Å². The standard InChI is InChI=1S/C19H22ClNO3/c1-12-9-10-17(16(20)11-12)24-18(15-7-5-4-6-8-15)14(3)23-19(22)13(2)21/h4-11,13-14,18H,21H2,1-3H3/t13-,14-,18-/m0/s1. The van der Waals surface area contributed by atoms with E-state index in [2.05, 4.69) is 0 Å². The van der Waals surface area contributed by atoms with Gasteiger partial charge in [-0.2, -0.15) is 0 Å². The zero-order chi connectivity index (χ0) is 17.7.